The molecular formula is C34H54O. The van der Waals surface area contributed by atoms with E-state index in [1.165, 1.54) is 69.8 Å². The lowest BCUT2D eigenvalue weighted by Gasteiger charge is -2.63. The van der Waals surface area contributed by atoms with Gasteiger partial charge in [-0.2, -0.15) is 0 Å². The lowest BCUT2D eigenvalue weighted by atomic mass is 9.42. The minimum atomic E-state index is -0.110. The molecule has 1 heteroatoms. The largest absolute Gasteiger partial charge is 0.393 e. The van der Waals surface area contributed by atoms with Gasteiger partial charge in [0, 0.05) is 0 Å². The SMILES string of the molecule is CC(C)CCC[C@@H](C)[C@H]1CC[C@H]2[C@@H]3CCC4C(Cc5ccccc5)C(O)CC[C@]4(C)[C@H]3CC[C@]12C. The molecule has 0 bridgehead atoms. The fourth-order valence-corrected chi connectivity index (χ4v) is 10.7. The Bertz CT molecular complexity index is 830. The summed E-state index contributed by atoms with van der Waals surface area (Å²) < 4.78 is 0. The summed E-state index contributed by atoms with van der Waals surface area (Å²) in [5.41, 5.74) is 2.44. The minimum absolute atomic E-state index is 0.110. The Morgan fingerprint density at radius 2 is 1.49 bits per heavy atom. The maximum absolute atomic E-state index is 11.2. The van der Waals surface area contributed by atoms with Gasteiger partial charge in [-0.1, -0.05) is 84.2 Å². The van der Waals surface area contributed by atoms with Gasteiger partial charge in [0.2, 0.25) is 0 Å². The third-order valence-corrected chi connectivity index (χ3v) is 12.4. The third kappa shape index (κ3) is 4.66. The molecule has 5 rings (SSSR count). The fourth-order valence-electron chi connectivity index (χ4n) is 10.7. The van der Waals surface area contributed by atoms with Crippen molar-refractivity contribution >= 4 is 0 Å². The second kappa shape index (κ2) is 10.2. The van der Waals surface area contributed by atoms with Crippen molar-refractivity contribution in [3.05, 3.63) is 35.9 Å². The van der Waals surface area contributed by atoms with E-state index in [9.17, 15) is 5.11 Å². The molecule has 0 radical (unpaired) electrons. The predicted octanol–water partition coefficient (Wildman–Crippen LogP) is 8.94. The number of aliphatic hydroxyl groups excluding tert-OH is 1. The van der Waals surface area contributed by atoms with Gasteiger partial charge in [-0.15, -0.1) is 0 Å². The van der Waals surface area contributed by atoms with Crippen LogP contribution in [0.3, 0.4) is 0 Å². The molecule has 0 heterocycles. The molecule has 35 heavy (non-hydrogen) atoms. The Balaban J connectivity index is 1.31. The normalized spacial score (nSPS) is 43.9. The van der Waals surface area contributed by atoms with Crippen LogP contribution in [0.15, 0.2) is 30.3 Å². The summed E-state index contributed by atoms with van der Waals surface area (Å²) in [6.45, 7) is 12.7. The van der Waals surface area contributed by atoms with Crippen molar-refractivity contribution in [3.63, 3.8) is 0 Å². The van der Waals surface area contributed by atoms with E-state index in [0.717, 1.165) is 48.3 Å². The van der Waals surface area contributed by atoms with Crippen molar-refractivity contribution in [1.29, 1.82) is 0 Å². The van der Waals surface area contributed by atoms with Crippen molar-refractivity contribution in [2.24, 2.45) is 58.2 Å². The van der Waals surface area contributed by atoms with Gasteiger partial charge in [0.05, 0.1) is 6.10 Å². The number of aliphatic hydroxyl groups is 1. The fraction of sp³-hybridized carbons (Fsp3) is 0.824. The zero-order valence-electron chi connectivity index (χ0n) is 23.5. The maximum atomic E-state index is 11.2. The first-order chi connectivity index (χ1) is 16.7. The molecule has 4 aliphatic carbocycles. The average Bonchev–Trinajstić information content (AvgIpc) is 3.19. The molecule has 0 amide bonds. The van der Waals surface area contributed by atoms with Crippen LogP contribution in [0.5, 0.6) is 0 Å². The van der Waals surface area contributed by atoms with E-state index in [-0.39, 0.29) is 6.10 Å². The molecule has 0 spiro atoms. The summed E-state index contributed by atoms with van der Waals surface area (Å²) >= 11 is 0. The quantitative estimate of drug-likeness (QED) is 0.414. The molecule has 4 saturated carbocycles. The summed E-state index contributed by atoms with van der Waals surface area (Å²) in [5, 5.41) is 11.2. The van der Waals surface area contributed by atoms with Crippen LogP contribution >= 0.6 is 0 Å². The van der Waals surface area contributed by atoms with Crippen LogP contribution in [0.1, 0.15) is 111 Å². The van der Waals surface area contributed by atoms with Crippen molar-refractivity contribution in [2.45, 2.75) is 118 Å². The van der Waals surface area contributed by atoms with E-state index in [1.807, 2.05) is 0 Å². The minimum Gasteiger partial charge on any atom is -0.393 e. The maximum Gasteiger partial charge on any atom is 0.0574 e. The Hall–Kier alpha value is -0.820. The summed E-state index contributed by atoms with van der Waals surface area (Å²) in [6, 6.07) is 11.0. The third-order valence-electron chi connectivity index (χ3n) is 12.4. The molecule has 1 aromatic carbocycles. The predicted molar refractivity (Wildman–Crippen MR) is 148 cm³/mol. The monoisotopic (exact) mass is 478 g/mol. The highest BCUT2D eigenvalue weighted by molar-refractivity contribution is 5.18. The first-order valence-electron chi connectivity index (χ1n) is 15.5. The topological polar surface area (TPSA) is 20.2 Å². The number of rotatable bonds is 7. The van der Waals surface area contributed by atoms with Crippen LogP contribution in [-0.4, -0.2) is 11.2 Å². The molecule has 4 aliphatic rings. The second-order valence-corrected chi connectivity index (χ2v) is 14.6. The van der Waals surface area contributed by atoms with Crippen molar-refractivity contribution < 1.29 is 5.11 Å². The molecule has 3 unspecified atom stereocenters. The van der Waals surface area contributed by atoms with Gasteiger partial charge in [-0.25, -0.2) is 0 Å². The van der Waals surface area contributed by atoms with Crippen LogP contribution in [0.25, 0.3) is 0 Å². The lowest BCUT2D eigenvalue weighted by Crippen LogP contribution is -2.57. The molecule has 0 aromatic heterocycles. The van der Waals surface area contributed by atoms with Gasteiger partial charge in [-0.05, 0) is 122 Å². The molecule has 0 saturated heterocycles. The zero-order valence-corrected chi connectivity index (χ0v) is 23.5. The number of fused-ring (bicyclic) bond motifs is 5. The molecule has 10 atom stereocenters. The number of hydrogen-bond donors (Lipinski definition) is 1. The van der Waals surface area contributed by atoms with E-state index in [2.05, 4.69) is 65.0 Å². The van der Waals surface area contributed by atoms with Crippen molar-refractivity contribution in [2.75, 3.05) is 0 Å². The number of hydrogen-bond acceptors (Lipinski definition) is 1. The molecule has 196 valence electrons. The summed E-state index contributed by atoms with van der Waals surface area (Å²) in [5.74, 6) is 6.62. The van der Waals surface area contributed by atoms with E-state index < -0.39 is 0 Å². The average molecular weight is 479 g/mol. The van der Waals surface area contributed by atoms with Crippen LogP contribution in [-0.2, 0) is 6.42 Å². The molecular weight excluding hydrogens is 424 g/mol. The van der Waals surface area contributed by atoms with Gasteiger partial charge in [0.1, 0.15) is 0 Å². The van der Waals surface area contributed by atoms with Gasteiger partial charge < -0.3 is 5.11 Å². The van der Waals surface area contributed by atoms with Crippen LogP contribution in [0.2, 0.25) is 0 Å². The molecule has 4 fully saturated rings. The van der Waals surface area contributed by atoms with E-state index in [1.54, 1.807) is 0 Å². The Kier molecular flexibility index (Phi) is 7.49. The highest BCUT2D eigenvalue weighted by Gasteiger charge is 2.61. The van der Waals surface area contributed by atoms with Gasteiger partial charge in [-0.3, -0.25) is 0 Å². The Labute approximate surface area is 216 Å². The van der Waals surface area contributed by atoms with Crippen LogP contribution in [0.4, 0.5) is 0 Å². The molecule has 1 aromatic rings. The smallest absolute Gasteiger partial charge is 0.0574 e. The Morgan fingerprint density at radius 1 is 0.800 bits per heavy atom. The molecule has 0 aliphatic heterocycles. The van der Waals surface area contributed by atoms with Crippen molar-refractivity contribution in [1.82, 2.24) is 0 Å². The summed E-state index contributed by atoms with van der Waals surface area (Å²) in [7, 11) is 0. The highest BCUT2D eigenvalue weighted by Crippen LogP contribution is 2.69. The van der Waals surface area contributed by atoms with Crippen LogP contribution < -0.4 is 0 Å². The summed E-state index contributed by atoms with van der Waals surface area (Å²) in [4.78, 5) is 0. The van der Waals surface area contributed by atoms with Crippen LogP contribution in [0, 0.1) is 58.2 Å². The van der Waals surface area contributed by atoms with E-state index >= 15 is 0 Å². The highest BCUT2D eigenvalue weighted by atomic mass is 16.3. The first-order valence-corrected chi connectivity index (χ1v) is 15.5. The second-order valence-electron chi connectivity index (χ2n) is 14.6. The lowest BCUT2D eigenvalue weighted by molar-refractivity contribution is -0.152. The first kappa shape index (κ1) is 25.8. The van der Waals surface area contributed by atoms with E-state index in [0.29, 0.717) is 22.7 Å². The standard InChI is InChI=1S/C34H54O/c1-23(2)10-9-11-24(3)28-16-17-29-26-14-15-30-27(22-25-12-7-6-8-13-25)32(35)19-21-34(30,5)31(26)18-20-33(28,29)4/h6-8,12-13,23-24,26-32,35H,9-11,14-22H2,1-5H3/t24-,26+,27?,28-,29+,30?,31+,32?,33-,34+/m1/s1. The Morgan fingerprint density at radius 3 is 2.23 bits per heavy atom. The number of benzene rings is 1. The van der Waals surface area contributed by atoms with E-state index in [4.69, 9.17) is 0 Å². The van der Waals surface area contributed by atoms with Gasteiger partial charge >= 0.3 is 0 Å². The summed E-state index contributed by atoms with van der Waals surface area (Å²) in [6.07, 6.45) is 16.2. The zero-order chi connectivity index (χ0) is 24.8. The molecule has 1 N–H and O–H groups in total. The van der Waals surface area contributed by atoms with Gasteiger partial charge in [0.15, 0.2) is 0 Å². The van der Waals surface area contributed by atoms with Gasteiger partial charge in [0.25, 0.3) is 0 Å². The molecule has 1 nitrogen and oxygen atoms in total. The van der Waals surface area contributed by atoms with Crippen molar-refractivity contribution in [3.8, 4) is 0 Å².